The van der Waals surface area contributed by atoms with E-state index >= 15 is 0 Å². The van der Waals surface area contributed by atoms with Crippen molar-refractivity contribution < 1.29 is 9.84 Å². The molecule has 0 amide bonds. The van der Waals surface area contributed by atoms with E-state index in [2.05, 4.69) is 24.8 Å². The first kappa shape index (κ1) is 13.4. The SMILES string of the molecule is COc1ccccc1CN1CCCC(O)C1(C)C. The number of piperidine rings is 1. The van der Waals surface area contributed by atoms with Crippen molar-refractivity contribution in [3.63, 3.8) is 0 Å². The van der Waals surface area contributed by atoms with Gasteiger partial charge in [0, 0.05) is 17.6 Å². The van der Waals surface area contributed by atoms with Crippen molar-refractivity contribution in [2.45, 2.75) is 44.9 Å². The molecule has 1 fully saturated rings. The third kappa shape index (κ3) is 2.52. The van der Waals surface area contributed by atoms with Crippen molar-refractivity contribution in [1.82, 2.24) is 4.90 Å². The van der Waals surface area contributed by atoms with Crippen molar-refractivity contribution in [2.75, 3.05) is 13.7 Å². The molecule has 18 heavy (non-hydrogen) atoms. The lowest BCUT2D eigenvalue weighted by molar-refractivity contribution is -0.0483. The first-order valence-corrected chi connectivity index (χ1v) is 6.60. The summed E-state index contributed by atoms with van der Waals surface area (Å²) in [6, 6.07) is 8.10. The van der Waals surface area contributed by atoms with Gasteiger partial charge in [-0.25, -0.2) is 0 Å². The highest BCUT2D eigenvalue weighted by molar-refractivity contribution is 5.33. The summed E-state index contributed by atoms with van der Waals surface area (Å²) in [5.41, 5.74) is 1.02. The van der Waals surface area contributed by atoms with Crippen LogP contribution in [0.4, 0.5) is 0 Å². The van der Waals surface area contributed by atoms with E-state index in [-0.39, 0.29) is 11.6 Å². The summed E-state index contributed by atoms with van der Waals surface area (Å²) in [5.74, 6) is 0.924. The fourth-order valence-electron chi connectivity index (χ4n) is 2.65. The molecule has 1 atom stereocenters. The van der Waals surface area contributed by atoms with Crippen LogP contribution in [-0.2, 0) is 6.54 Å². The average molecular weight is 249 g/mol. The maximum atomic E-state index is 10.1. The summed E-state index contributed by atoms with van der Waals surface area (Å²) in [6.45, 7) is 6.09. The first-order valence-electron chi connectivity index (χ1n) is 6.60. The molecule has 0 saturated carbocycles. The van der Waals surface area contributed by atoms with Gasteiger partial charge >= 0.3 is 0 Å². The highest BCUT2D eigenvalue weighted by Crippen LogP contribution is 2.31. The van der Waals surface area contributed by atoms with Gasteiger partial charge in [0.2, 0.25) is 0 Å². The second kappa shape index (κ2) is 5.29. The van der Waals surface area contributed by atoms with Crippen LogP contribution >= 0.6 is 0 Å². The summed E-state index contributed by atoms with van der Waals surface area (Å²) in [4.78, 5) is 2.35. The van der Waals surface area contributed by atoms with E-state index < -0.39 is 0 Å². The second-order valence-electron chi connectivity index (χ2n) is 5.55. The molecular formula is C15H23NO2. The normalized spacial score (nSPS) is 23.9. The fourth-order valence-corrected chi connectivity index (χ4v) is 2.65. The Hall–Kier alpha value is -1.06. The molecule has 1 N–H and O–H groups in total. The topological polar surface area (TPSA) is 32.7 Å². The number of aliphatic hydroxyl groups excluding tert-OH is 1. The van der Waals surface area contributed by atoms with E-state index in [1.165, 1.54) is 5.56 Å². The number of benzene rings is 1. The molecule has 0 aromatic heterocycles. The second-order valence-corrected chi connectivity index (χ2v) is 5.55. The molecular weight excluding hydrogens is 226 g/mol. The molecule has 3 nitrogen and oxygen atoms in total. The number of hydrogen-bond donors (Lipinski definition) is 1. The van der Waals surface area contributed by atoms with E-state index in [4.69, 9.17) is 4.74 Å². The first-order chi connectivity index (χ1) is 8.55. The summed E-state index contributed by atoms with van der Waals surface area (Å²) in [5, 5.41) is 10.1. The van der Waals surface area contributed by atoms with Crippen LogP contribution in [0.2, 0.25) is 0 Å². The van der Waals surface area contributed by atoms with Crippen molar-refractivity contribution in [3.05, 3.63) is 29.8 Å². The lowest BCUT2D eigenvalue weighted by Crippen LogP contribution is -2.55. The fraction of sp³-hybridized carbons (Fsp3) is 0.600. The molecule has 0 spiro atoms. The highest BCUT2D eigenvalue weighted by atomic mass is 16.5. The molecule has 1 unspecified atom stereocenters. The summed E-state index contributed by atoms with van der Waals surface area (Å²) >= 11 is 0. The zero-order valence-corrected chi connectivity index (χ0v) is 11.5. The molecule has 1 aliphatic rings. The Morgan fingerprint density at radius 1 is 1.39 bits per heavy atom. The zero-order valence-electron chi connectivity index (χ0n) is 11.5. The predicted octanol–water partition coefficient (Wildman–Crippen LogP) is 2.43. The zero-order chi connectivity index (χ0) is 13.2. The van der Waals surface area contributed by atoms with Crippen LogP contribution < -0.4 is 4.74 Å². The molecule has 0 bridgehead atoms. The number of rotatable bonds is 3. The molecule has 100 valence electrons. The molecule has 3 heteroatoms. The van der Waals surface area contributed by atoms with Crippen LogP contribution in [-0.4, -0.2) is 35.3 Å². The van der Waals surface area contributed by atoms with Crippen LogP contribution in [0.1, 0.15) is 32.3 Å². The lowest BCUT2D eigenvalue weighted by atomic mass is 9.87. The Bertz CT molecular complexity index is 403. The Balaban J connectivity index is 2.17. The van der Waals surface area contributed by atoms with Gasteiger partial charge in [0.1, 0.15) is 5.75 Å². The van der Waals surface area contributed by atoms with Crippen LogP contribution in [0.25, 0.3) is 0 Å². The van der Waals surface area contributed by atoms with Crippen molar-refractivity contribution >= 4 is 0 Å². The van der Waals surface area contributed by atoms with Crippen molar-refractivity contribution in [1.29, 1.82) is 0 Å². The number of nitrogens with zero attached hydrogens (tertiary/aromatic N) is 1. The number of methoxy groups -OCH3 is 1. The number of hydrogen-bond acceptors (Lipinski definition) is 3. The van der Waals surface area contributed by atoms with Gasteiger partial charge in [0.05, 0.1) is 13.2 Å². The van der Waals surface area contributed by atoms with Crippen LogP contribution in [0.15, 0.2) is 24.3 Å². The molecule has 1 saturated heterocycles. The minimum Gasteiger partial charge on any atom is -0.496 e. The van der Waals surface area contributed by atoms with E-state index in [0.717, 1.165) is 31.7 Å². The Morgan fingerprint density at radius 2 is 2.11 bits per heavy atom. The molecule has 1 heterocycles. The number of aliphatic hydroxyl groups is 1. The van der Waals surface area contributed by atoms with Crippen LogP contribution in [0.5, 0.6) is 5.75 Å². The van der Waals surface area contributed by atoms with E-state index in [9.17, 15) is 5.11 Å². The quantitative estimate of drug-likeness (QED) is 0.893. The van der Waals surface area contributed by atoms with E-state index in [0.29, 0.717) is 0 Å². The maximum Gasteiger partial charge on any atom is 0.123 e. The highest BCUT2D eigenvalue weighted by Gasteiger charge is 2.37. The van der Waals surface area contributed by atoms with E-state index in [1.807, 2.05) is 18.2 Å². The standard InChI is InChI=1S/C15H23NO2/c1-15(2)14(17)9-6-10-16(15)11-12-7-4-5-8-13(12)18-3/h4-5,7-8,14,17H,6,9-11H2,1-3H3. The molecule has 1 aromatic rings. The van der Waals surface area contributed by atoms with Crippen LogP contribution in [0.3, 0.4) is 0 Å². The van der Waals surface area contributed by atoms with Crippen molar-refractivity contribution in [2.24, 2.45) is 0 Å². The molecule has 1 aromatic carbocycles. The smallest absolute Gasteiger partial charge is 0.123 e. The van der Waals surface area contributed by atoms with Gasteiger partial charge in [-0.15, -0.1) is 0 Å². The van der Waals surface area contributed by atoms with Gasteiger partial charge in [-0.1, -0.05) is 18.2 Å². The third-order valence-electron chi connectivity index (χ3n) is 4.09. The average Bonchev–Trinajstić information content (AvgIpc) is 2.36. The molecule has 2 rings (SSSR count). The van der Waals surface area contributed by atoms with Gasteiger partial charge in [0.15, 0.2) is 0 Å². The summed E-state index contributed by atoms with van der Waals surface area (Å²) in [7, 11) is 1.70. The Kier molecular flexibility index (Phi) is 3.93. The monoisotopic (exact) mass is 249 g/mol. The van der Waals surface area contributed by atoms with Crippen molar-refractivity contribution in [3.8, 4) is 5.75 Å². The minimum atomic E-state index is -0.249. The molecule has 0 radical (unpaired) electrons. The van der Waals surface area contributed by atoms with Gasteiger partial charge in [-0.3, -0.25) is 4.90 Å². The number of likely N-dealkylation sites (tertiary alicyclic amines) is 1. The molecule has 0 aliphatic carbocycles. The largest absolute Gasteiger partial charge is 0.496 e. The van der Waals surface area contributed by atoms with E-state index in [1.54, 1.807) is 7.11 Å². The van der Waals surface area contributed by atoms with Crippen LogP contribution in [0, 0.1) is 0 Å². The Labute approximate surface area is 109 Å². The van der Waals surface area contributed by atoms with Gasteiger partial charge < -0.3 is 9.84 Å². The predicted molar refractivity (Wildman–Crippen MR) is 72.7 cm³/mol. The maximum absolute atomic E-state index is 10.1. The lowest BCUT2D eigenvalue weighted by Gasteiger charge is -2.46. The van der Waals surface area contributed by atoms with Gasteiger partial charge in [-0.05, 0) is 39.3 Å². The summed E-state index contributed by atoms with van der Waals surface area (Å²) < 4.78 is 5.39. The number of ether oxygens (including phenoxy) is 1. The van der Waals surface area contributed by atoms with Gasteiger partial charge in [0.25, 0.3) is 0 Å². The van der Waals surface area contributed by atoms with Gasteiger partial charge in [-0.2, -0.15) is 0 Å². The minimum absolute atomic E-state index is 0.168. The molecule has 1 aliphatic heterocycles. The Morgan fingerprint density at radius 3 is 2.83 bits per heavy atom. The summed E-state index contributed by atoms with van der Waals surface area (Å²) in [6.07, 6.45) is 1.70. The number of para-hydroxylation sites is 1. The third-order valence-corrected chi connectivity index (χ3v) is 4.09.